The van der Waals surface area contributed by atoms with Crippen molar-refractivity contribution in [3.05, 3.63) is 42.0 Å². The van der Waals surface area contributed by atoms with E-state index in [4.69, 9.17) is 0 Å². The summed E-state index contributed by atoms with van der Waals surface area (Å²) in [5.41, 5.74) is 3.01. The molecule has 0 unspecified atom stereocenters. The second-order valence-corrected chi connectivity index (χ2v) is 24.6. The number of allylic oxidation sites excluding steroid dienone is 8. The number of halogens is 2. The standard InChI is InChI=1S/2C6H7.C2H7Si.2FH.Zr/c2*1-6-4-2-3-5-6;1-3-2;;;/h2*4-5H,2H2,1H3;3H,1-2H3;2*1H;/q;;;;;+2/p-2. The topological polar surface area (TPSA) is 0 Å². The van der Waals surface area contributed by atoms with Crippen molar-refractivity contribution in [2.45, 2.75) is 39.8 Å². The fraction of sp³-hybridized carbons (Fsp3) is 0.429. The van der Waals surface area contributed by atoms with Gasteiger partial charge in [0.1, 0.15) is 0 Å². The Labute approximate surface area is 118 Å². The van der Waals surface area contributed by atoms with Crippen LogP contribution in [-0.2, 0) is 20.9 Å². The Bertz CT molecular complexity index is 384. The maximum atomic E-state index is 2.57. The van der Waals surface area contributed by atoms with Crippen LogP contribution in [0.2, 0.25) is 13.1 Å². The smallest absolute Gasteiger partial charge is 1.00 e. The first-order valence-corrected chi connectivity index (χ1v) is 15.8. The van der Waals surface area contributed by atoms with Crippen LogP contribution >= 0.6 is 0 Å². The van der Waals surface area contributed by atoms with Crippen molar-refractivity contribution in [1.82, 2.24) is 0 Å². The first kappa shape index (κ1) is 17.9. The summed E-state index contributed by atoms with van der Waals surface area (Å²) in [4.78, 5) is 0. The average molecular weight is 347 g/mol. The molecule has 0 aromatic carbocycles. The minimum atomic E-state index is -1.37. The molecule has 18 heavy (non-hydrogen) atoms. The van der Waals surface area contributed by atoms with E-state index in [1.807, 2.05) is 6.56 Å². The third-order valence-corrected chi connectivity index (χ3v) is 22.5. The van der Waals surface area contributed by atoms with E-state index in [-0.39, 0.29) is 9.41 Å². The molecule has 0 nitrogen and oxygen atoms in total. The molecule has 0 bridgehead atoms. The summed E-state index contributed by atoms with van der Waals surface area (Å²) in [5.74, 6) is -0.453. The van der Waals surface area contributed by atoms with Crippen LogP contribution in [0.1, 0.15) is 26.7 Å². The third-order valence-electron chi connectivity index (χ3n) is 3.36. The zero-order valence-corrected chi connectivity index (χ0v) is 15.2. The Kier molecular flexibility index (Phi) is 7.46. The van der Waals surface area contributed by atoms with Gasteiger partial charge >= 0.3 is 109 Å². The molecule has 0 fully saturated rings. The minimum Gasteiger partial charge on any atom is -1.00 e. The van der Waals surface area contributed by atoms with Crippen LogP contribution in [0.4, 0.5) is 0 Å². The Morgan fingerprint density at radius 2 is 1.28 bits per heavy atom. The molecule has 2 aliphatic carbocycles. The SMILES string of the molecule is CC1=CC[C]([Zr+2]([C]2=CC(C)=CC2)[SiH](C)C)=C1.[F-].[F-]. The maximum Gasteiger partial charge on any atom is -1.00 e. The van der Waals surface area contributed by atoms with Gasteiger partial charge in [-0.1, -0.05) is 0 Å². The van der Waals surface area contributed by atoms with Crippen molar-refractivity contribution < 1.29 is 30.3 Å². The molecule has 0 aliphatic heterocycles. The molecule has 0 spiro atoms. The van der Waals surface area contributed by atoms with Gasteiger partial charge in [-0.05, 0) is 0 Å². The fourth-order valence-electron chi connectivity index (χ4n) is 2.65. The van der Waals surface area contributed by atoms with E-state index < -0.39 is 26.8 Å². The molecule has 0 aromatic rings. The summed E-state index contributed by atoms with van der Waals surface area (Å²) in [5, 5.41) is 0. The molecule has 0 atom stereocenters. The molecular weight excluding hydrogens is 325 g/mol. The molecule has 0 saturated carbocycles. The van der Waals surface area contributed by atoms with Crippen molar-refractivity contribution in [1.29, 1.82) is 0 Å². The van der Waals surface area contributed by atoms with Crippen LogP contribution in [0.3, 0.4) is 0 Å². The van der Waals surface area contributed by atoms with Crippen LogP contribution in [0.5, 0.6) is 0 Å². The van der Waals surface area contributed by atoms with Gasteiger partial charge in [0.2, 0.25) is 0 Å². The second kappa shape index (κ2) is 7.49. The zero-order valence-electron chi connectivity index (χ0n) is 11.6. The summed E-state index contributed by atoms with van der Waals surface area (Å²) in [6, 6.07) is 0. The summed E-state index contributed by atoms with van der Waals surface area (Å²) >= 11 is -1.37. The van der Waals surface area contributed by atoms with Crippen LogP contribution in [0.25, 0.3) is 0 Å². The van der Waals surface area contributed by atoms with E-state index >= 15 is 0 Å². The first-order valence-electron chi connectivity index (χ1n) is 6.20. The molecule has 0 saturated heterocycles. The van der Waals surface area contributed by atoms with Crippen molar-refractivity contribution in [2.75, 3.05) is 0 Å². The monoisotopic (exact) mass is 345 g/mol. The number of hydrogen-bond acceptors (Lipinski definition) is 0. The minimum absolute atomic E-state index is 0. The summed E-state index contributed by atoms with van der Waals surface area (Å²) in [6.07, 6.45) is 12.4. The van der Waals surface area contributed by atoms with Crippen LogP contribution in [0, 0.1) is 0 Å². The third kappa shape index (κ3) is 3.96. The molecule has 2 rings (SSSR count). The predicted octanol–water partition coefficient (Wildman–Crippen LogP) is -1.94. The Morgan fingerprint density at radius 3 is 1.50 bits per heavy atom. The molecule has 0 N–H and O–H groups in total. The Balaban J connectivity index is 0.00000144. The van der Waals surface area contributed by atoms with Gasteiger partial charge < -0.3 is 9.41 Å². The van der Waals surface area contributed by atoms with E-state index in [2.05, 4.69) is 51.2 Å². The summed E-state index contributed by atoms with van der Waals surface area (Å²) in [7, 11) is 0. The molecule has 4 heteroatoms. The van der Waals surface area contributed by atoms with Gasteiger partial charge in [0.05, 0.1) is 0 Å². The van der Waals surface area contributed by atoms with Crippen LogP contribution in [0.15, 0.2) is 42.0 Å². The van der Waals surface area contributed by atoms with Gasteiger partial charge in [-0.3, -0.25) is 0 Å². The van der Waals surface area contributed by atoms with E-state index in [0.717, 1.165) is 0 Å². The normalized spacial score (nSPS) is 17.4. The fourth-order valence-corrected chi connectivity index (χ4v) is 21.9. The molecule has 2 aliphatic rings. The summed E-state index contributed by atoms with van der Waals surface area (Å²) < 4.78 is 3.74. The van der Waals surface area contributed by atoms with Crippen molar-refractivity contribution >= 4 is 5.92 Å². The number of rotatable bonds is 3. The van der Waals surface area contributed by atoms with E-state index in [9.17, 15) is 0 Å². The van der Waals surface area contributed by atoms with Gasteiger partial charge in [0, 0.05) is 0 Å². The molecular formula is C14H21F2SiZr. The van der Waals surface area contributed by atoms with Gasteiger partial charge in [-0.2, -0.15) is 0 Å². The molecule has 0 aromatic heterocycles. The summed E-state index contributed by atoms with van der Waals surface area (Å²) in [6.45, 7) is 9.64. The van der Waals surface area contributed by atoms with Gasteiger partial charge in [-0.25, -0.2) is 0 Å². The van der Waals surface area contributed by atoms with Crippen molar-refractivity contribution in [3.8, 4) is 0 Å². The average Bonchev–Trinajstić information content (AvgIpc) is 2.76. The van der Waals surface area contributed by atoms with E-state index in [1.54, 1.807) is 0 Å². The second-order valence-electron chi connectivity index (χ2n) is 5.21. The van der Waals surface area contributed by atoms with Crippen LogP contribution in [-0.4, -0.2) is 5.92 Å². The first-order chi connectivity index (χ1) is 7.58. The largest absolute Gasteiger partial charge is 1.00 e. The number of hydrogen-bond donors (Lipinski definition) is 0. The zero-order chi connectivity index (χ0) is 11.7. The Morgan fingerprint density at radius 1 is 0.889 bits per heavy atom. The van der Waals surface area contributed by atoms with E-state index in [0.29, 0.717) is 0 Å². The Hall–Kier alpha value is -0.0800. The van der Waals surface area contributed by atoms with Crippen molar-refractivity contribution in [2.24, 2.45) is 0 Å². The van der Waals surface area contributed by atoms with Gasteiger partial charge in [-0.15, -0.1) is 0 Å². The molecule has 99 valence electrons. The molecule has 0 heterocycles. The van der Waals surface area contributed by atoms with Gasteiger partial charge in [0.25, 0.3) is 0 Å². The molecule has 0 amide bonds. The van der Waals surface area contributed by atoms with E-state index in [1.165, 1.54) is 24.0 Å². The van der Waals surface area contributed by atoms with Crippen LogP contribution < -0.4 is 9.41 Å². The van der Waals surface area contributed by atoms with Crippen molar-refractivity contribution in [3.63, 3.8) is 0 Å². The predicted molar refractivity (Wildman–Crippen MR) is 71.8 cm³/mol. The molecule has 0 radical (unpaired) electrons. The maximum absolute atomic E-state index is 2.57. The van der Waals surface area contributed by atoms with Gasteiger partial charge in [0.15, 0.2) is 0 Å². The quantitative estimate of drug-likeness (QED) is 0.522.